The fourth-order valence-corrected chi connectivity index (χ4v) is 5.49. The van der Waals surface area contributed by atoms with Crippen LogP contribution >= 0.6 is 11.8 Å². The summed E-state index contributed by atoms with van der Waals surface area (Å²) >= 11 is 1.60. The number of methoxy groups -OCH3 is 2. The predicted molar refractivity (Wildman–Crippen MR) is 130 cm³/mol. The standard InChI is InChI=1S/C25H31N3O4S/c1-31-21-12-19(13-22(14-21)32-2)25(30)28-17-33-16-23(28)24(29)26-20-8-10-27(11-9-20)15-18-6-4-3-5-7-18/h3-7,12-14,20,23H,8-11,15-17H2,1-2H3,(H,26,29). The number of nitrogens with one attached hydrogen (secondary N) is 1. The monoisotopic (exact) mass is 469 g/mol. The lowest BCUT2D eigenvalue weighted by Gasteiger charge is -2.33. The van der Waals surface area contributed by atoms with Gasteiger partial charge in [-0.2, -0.15) is 0 Å². The van der Waals surface area contributed by atoms with E-state index in [-0.39, 0.29) is 17.9 Å². The number of piperidine rings is 1. The quantitative estimate of drug-likeness (QED) is 0.672. The van der Waals surface area contributed by atoms with E-state index in [0.717, 1.165) is 32.5 Å². The van der Waals surface area contributed by atoms with Crippen molar-refractivity contribution in [3.63, 3.8) is 0 Å². The summed E-state index contributed by atoms with van der Waals surface area (Å²) in [6, 6.07) is 15.2. The highest BCUT2D eigenvalue weighted by Gasteiger charge is 2.36. The first-order valence-corrected chi connectivity index (χ1v) is 12.4. The van der Waals surface area contributed by atoms with Crippen LogP contribution in [0.1, 0.15) is 28.8 Å². The van der Waals surface area contributed by atoms with Crippen LogP contribution in [-0.4, -0.2) is 72.6 Å². The predicted octanol–water partition coefficient (Wildman–Crippen LogP) is 3.00. The van der Waals surface area contributed by atoms with E-state index in [1.807, 2.05) is 6.07 Å². The molecule has 2 amide bonds. The van der Waals surface area contributed by atoms with Gasteiger partial charge in [0.2, 0.25) is 5.91 Å². The molecule has 0 bridgehead atoms. The number of hydrogen-bond acceptors (Lipinski definition) is 6. The molecule has 0 aliphatic carbocycles. The van der Waals surface area contributed by atoms with E-state index in [1.54, 1.807) is 49.1 Å². The van der Waals surface area contributed by atoms with Crippen LogP contribution in [0.15, 0.2) is 48.5 Å². The van der Waals surface area contributed by atoms with E-state index in [1.165, 1.54) is 5.56 Å². The maximum Gasteiger partial charge on any atom is 0.255 e. The van der Waals surface area contributed by atoms with Crippen LogP contribution in [-0.2, 0) is 11.3 Å². The minimum atomic E-state index is -0.470. The second kappa shape index (κ2) is 10.9. The zero-order chi connectivity index (χ0) is 23.2. The first kappa shape index (κ1) is 23.4. The molecule has 1 unspecified atom stereocenters. The molecule has 2 aliphatic rings. The molecule has 1 atom stereocenters. The lowest BCUT2D eigenvalue weighted by Crippen LogP contribution is -2.52. The molecule has 8 heteroatoms. The van der Waals surface area contributed by atoms with Gasteiger partial charge in [-0.1, -0.05) is 30.3 Å². The molecule has 0 aromatic heterocycles. The molecule has 0 radical (unpaired) electrons. The van der Waals surface area contributed by atoms with E-state index in [9.17, 15) is 9.59 Å². The van der Waals surface area contributed by atoms with Crippen molar-refractivity contribution in [2.24, 2.45) is 0 Å². The summed E-state index contributed by atoms with van der Waals surface area (Å²) < 4.78 is 10.6. The van der Waals surface area contributed by atoms with Gasteiger partial charge in [-0.25, -0.2) is 0 Å². The van der Waals surface area contributed by atoms with Crippen LogP contribution in [0.2, 0.25) is 0 Å². The summed E-state index contributed by atoms with van der Waals surface area (Å²) in [4.78, 5) is 30.4. The Labute approximate surface area is 199 Å². The first-order valence-electron chi connectivity index (χ1n) is 11.3. The number of rotatable bonds is 7. The fraction of sp³-hybridized carbons (Fsp3) is 0.440. The average Bonchev–Trinajstić information content (AvgIpc) is 3.35. The number of ether oxygens (including phenoxy) is 2. The Morgan fingerprint density at radius 3 is 2.33 bits per heavy atom. The Kier molecular flexibility index (Phi) is 7.77. The second-order valence-electron chi connectivity index (χ2n) is 8.44. The molecule has 176 valence electrons. The molecule has 0 saturated carbocycles. The highest BCUT2D eigenvalue weighted by molar-refractivity contribution is 7.99. The van der Waals surface area contributed by atoms with E-state index in [0.29, 0.717) is 28.7 Å². The molecule has 7 nitrogen and oxygen atoms in total. The van der Waals surface area contributed by atoms with Crippen molar-refractivity contribution in [1.82, 2.24) is 15.1 Å². The molecule has 2 saturated heterocycles. The Balaban J connectivity index is 1.33. The van der Waals surface area contributed by atoms with Gasteiger partial charge in [-0.05, 0) is 30.5 Å². The van der Waals surface area contributed by atoms with E-state index >= 15 is 0 Å². The van der Waals surface area contributed by atoms with Gasteiger partial charge in [0.25, 0.3) is 5.91 Å². The number of likely N-dealkylation sites (tertiary alicyclic amines) is 1. The Morgan fingerprint density at radius 1 is 1.03 bits per heavy atom. The molecule has 1 N–H and O–H groups in total. The number of thioether (sulfide) groups is 1. The maximum absolute atomic E-state index is 13.2. The van der Waals surface area contributed by atoms with Crippen LogP contribution in [0.5, 0.6) is 11.5 Å². The highest BCUT2D eigenvalue weighted by atomic mass is 32.2. The van der Waals surface area contributed by atoms with Crippen LogP contribution in [0.4, 0.5) is 0 Å². The van der Waals surface area contributed by atoms with Crippen molar-refractivity contribution in [2.75, 3.05) is 38.9 Å². The summed E-state index contributed by atoms with van der Waals surface area (Å²) in [6.07, 6.45) is 1.83. The highest BCUT2D eigenvalue weighted by Crippen LogP contribution is 2.28. The van der Waals surface area contributed by atoms with Gasteiger partial charge < -0.3 is 19.7 Å². The molecule has 2 aliphatic heterocycles. The van der Waals surface area contributed by atoms with Gasteiger partial charge >= 0.3 is 0 Å². The van der Waals surface area contributed by atoms with Crippen molar-refractivity contribution < 1.29 is 19.1 Å². The van der Waals surface area contributed by atoms with Crippen molar-refractivity contribution in [3.05, 3.63) is 59.7 Å². The minimum Gasteiger partial charge on any atom is -0.497 e. The van der Waals surface area contributed by atoms with Crippen LogP contribution in [0, 0.1) is 0 Å². The maximum atomic E-state index is 13.2. The van der Waals surface area contributed by atoms with E-state index in [2.05, 4.69) is 34.5 Å². The Hall–Kier alpha value is -2.71. The Morgan fingerprint density at radius 2 is 1.70 bits per heavy atom. The lowest BCUT2D eigenvalue weighted by molar-refractivity contribution is -0.125. The molecule has 4 rings (SSSR count). The van der Waals surface area contributed by atoms with Gasteiger partial charge in [-0.15, -0.1) is 11.8 Å². The van der Waals surface area contributed by atoms with Gasteiger partial charge in [0.15, 0.2) is 0 Å². The zero-order valence-corrected chi connectivity index (χ0v) is 20.0. The third kappa shape index (κ3) is 5.81. The Bertz CT molecular complexity index is 941. The summed E-state index contributed by atoms with van der Waals surface area (Å²) in [7, 11) is 3.10. The smallest absolute Gasteiger partial charge is 0.255 e. The number of hydrogen-bond donors (Lipinski definition) is 1. The van der Waals surface area contributed by atoms with Gasteiger partial charge in [0, 0.05) is 43.1 Å². The average molecular weight is 470 g/mol. The summed E-state index contributed by atoms with van der Waals surface area (Å²) in [5, 5.41) is 3.20. The molecule has 0 spiro atoms. The summed E-state index contributed by atoms with van der Waals surface area (Å²) in [6.45, 7) is 2.84. The number of amides is 2. The lowest BCUT2D eigenvalue weighted by atomic mass is 10.0. The van der Waals surface area contributed by atoms with Crippen LogP contribution < -0.4 is 14.8 Å². The number of nitrogens with zero attached hydrogens (tertiary/aromatic N) is 2. The van der Waals surface area contributed by atoms with Gasteiger partial charge in [0.05, 0.1) is 20.1 Å². The molecule has 2 fully saturated rings. The van der Waals surface area contributed by atoms with Crippen molar-refractivity contribution >= 4 is 23.6 Å². The van der Waals surface area contributed by atoms with Crippen LogP contribution in [0.25, 0.3) is 0 Å². The van der Waals surface area contributed by atoms with Gasteiger partial charge in [-0.3, -0.25) is 14.5 Å². The fourth-order valence-electron chi connectivity index (χ4n) is 4.33. The molecule has 2 heterocycles. The minimum absolute atomic E-state index is 0.0651. The van der Waals surface area contributed by atoms with E-state index < -0.39 is 6.04 Å². The van der Waals surface area contributed by atoms with Crippen molar-refractivity contribution in [2.45, 2.75) is 31.5 Å². The molecule has 33 heavy (non-hydrogen) atoms. The first-order chi connectivity index (χ1) is 16.1. The molecular formula is C25H31N3O4S. The SMILES string of the molecule is COc1cc(OC)cc(C(=O)N2CSCC2C(=O)NC2CCN(Cc3ccccc3)CC2)c1. The molecular weight excluding hydrogens is 438 g/mol. The van der Waals surface area contributed by atoms with Crippen molar-refractivity contribution in [1.29, 1.82) is 0 Å². The van der Waals surface area contributed by atoms with E-state index in [4.69, 9.17) is 9.47 Å². The van der Waals surface area contributed by atoms with Gasteiger partial charge in [0.1, 0.15) is 17.5 Å². The largest absolute Gasteiger partial charge is 0.497 e. The normalized spacial score (nSPS) is 19.3. The molecule has 2 aromatic rings. The number of benzene rings is 2. The summed E-state index contributed by atoms with van der Waals surface area (Å²) in [5.41, 5.74) is 1.77. The summed E-state index contributed by atoms with van der Waals surface area (Å²) in [5.74, 6) is 1.94. The van der Waals surface area contributed by atoms with Crippen LogP contribution in [0.3, 0.4) is 0 Å². The molecule has 2 aromatic carbocycles. The topological polar surface area (TPSA) is 71.1 Å². The zero-order valence-electron chi connectivity index (χ0n) is 19.2. The number of carbonyl (C=O) groups excluding carboxylic acids is 2. The third-order valence-corrected chi connectivity index (χ3v) is 7.24. The third-order valence-electron chi connectivity index (χ3n) is 6.23. The number of carbonyl (C=O) groups is 2. The van der Waals surface area contributed by atoms with Crippen molar-refractivity contribution in [3.8, 4) is 11.5 Å². The second-order valence-corrected chi connectivity index (χ2v) is 9.44.